The lowest BCUT2D eigenvalue weighted by molar-refractivity contribution is -0.235. The molecular formula is C26H31ClN2O9. The lowest BCUT2D eigenvalue weighted by atomic mass is 9.84. The fourth-order valence-electron chi connectivity index (χ4n) is 5.49. The predicted octanol–water partition coefficient (Wildman–Crippen LogP) is 0.771. The maximum atomic E-state index is 13.2. The number of halogens is 1. The number of benzene rings is 2. The molecule has 2 aromatic carbocycles. The minimum Gasteiger partial charge on any atom is -0.504 e. The fraction of sp³-hybridized carbons (Fsp3) is 0.500. The fourth-order valence-corrected chi connectivity index (χ4v) is 5.70. The van der Waals surface area contributed by atoms with Crippen LogP contribution in [0.3, 0.4) is 0 Å². The number of phenolic OH excluding ortho intramolecular Hbond substituents is 2. The van der Waals surface area contributed by atoms with E-state index in [0.29, 0.717) is 18.1 Å². The molecule has 12 heteroatoms. The molecule has 3 aliphatic rings. The quantitative estimate of drug-likeness (QED) is 0.324. The van der Waals surface area contributed by atoms with E-state index >= 15 is 0 Å². The lowest BCUT2D eigenvalue weighted by Crippen LogP contribution is -2.58. The molecule has 0 aliphatic carbocycles. The molecule has 0 spiro atoms. The first-order chi connectivity index (χ1) is 18.2. The van der Waals surface area contributed by atoms with Gasteiger partial charge in [0.05, 0.1) is 19.3 Å². The highest BCUT2D eigenvalue weighted by Gasteiger charge is 2.53. The molecule has 0 amide bonds. The Morgan fingerprint density at radius 2 is 1.74 bits per heavy atom. The summed E-state index contributed by atoms with van der Waals surface area (Å²) in [6.45, 7) is 3.08. The zero-order valence-electron chi connectivity index (χ0n) is 20.8. The van der Waals surface area contributed by atoms with Gasteiger partial charge in [-0.15, -0.1) is 0 Å². The van der Waals surface area contributed by atoms with Crippen LogP contribution in [-0.2, 0) is 22.6 Å². The number of aliphatic hydroxyl groups is 3. The van der Waals surface area contributed by atoms with E-state index in [1.807, 2.05) is 24.3 Å². The van der Waals surface area contributed by atoms with Crippen LogP contribution in [0.25, 0.3) is 0 Å². The molecule has 2 fully saturated rings. The smallest absolute Gasteiger partial charge is 0.339 e. The Morgan fingerprint density at radius 3 is 2.37 bits per heavy atom. The van der Waals surface area contributed by atoms with Crippen LogP contribution >= 0.6 is 11.6 Å². The Bertz CT molecular complexity index is 1200. The zero-order valence-corrected chi connectivity index (χ0v) is 21.5. The van der Waals surface area contributed by atoms with Gasteiger partial charge in [-0.2, -0.15) is 0 Å². The molecule has 5 N–H and O–H groups in total. The number of aromatic hydroxyl groups is 2. The van der Waals surface area contributed by atoms with Gasteiger partial charge in [0.1, 0.15) is 24.4 Å². The van der Waals surface area contributed by atoms with Crippen molar-refractivity contribution in [2.75, 3.05) is 39.9 Å². The van der Waals surface area contributed by atoms with Gasteiger partial charge in [-0.1, -0.05) is 23.7 Å². The Kier molecular flexibility index (Phi) is 7.70. The zero-order chi connectivity index (χ0) is 27.1. The Hall–Kier alpha value is -2.64. The Labute approximate surface area is 224 Å². The third-order valence-electron chi connectivity index (χ3n) is 7.49. The molecule has 0 saturated carbocycles. The van der Waals surface area contributed by atoms with Gasteiger partial charge in [-0.25, -0.2) is 4.79 Å². The first kappa shape index (κ1) is 26.9. The van der Waals surface area contributed by atoms with Crippen molar-refractivity contribution in [2.45, 2.75) is 43.6 Å². The summed E-state index contributed by atoms with van der Waals surface area (Å²) in [5.41, 5.74) is 1.22. The molecule has 3 heterocycles. The predicted molar refractivity (Wildman–Crippen MR) is 134 cm³/mol. The largest absolute Gasteiger partial charge is 0.504 e. The van der Waals surface area contributed by atoms with Crippen LogP contribution in [0.5, 0.6) is 17.2 Å². The SMILES string of the molecule is COc1c(O)c(CN2CCN(Cc3cccc(Cl)c3)CC2)c2c(c1O)[C@H]1O[C@H](CO)[C@@H](O)[C@H](O)[C@@H]1OC2=O. The van der Waals surface area contributed by atoms with E-state index in [-0.39, 0.29) is 29.0 Å². The topological polar surface area (TPSA) is 152 Å². The van der Waals surface area contributed by atoms with Crippen molar-refractivity contribution in [3.63, 3.8) is 0 Å². The van der Waals surface area contributed by atoms with Gasteiger partial charge in [0, 0.05) is 55.4 Å². The number of ether oxygens (including phenoxy) is 3. The summed E-state index contributed by atoms with van der Waals surface area (Å²) < 4.78 is 16.5. The van der Waals surface area contributed by atoms with Gasteiger partial charge < -0.3 is 39.7 Å². The van der Waals surface area contributed by atoms with Crippen LogP contribution in [0, 0.1) is 0 Å². The third-order valence-corrected chi connectivity index (χ3v) is 7.72. The lowest BCUT2D eigenvalue weighted by Gasteiger charge is -2.45. The van der Waals surface area contributed by atoms with Crippen LogP contribution in [0.2, 0.25) is 5.02 Å². The normalized spacial score (nSPS) is 27.9. The van der Waals surface area contributed by atoms with Crippen LogP contribution < -0.4 is 4.74 Å². The molecule has 0 bridgehead atoms. The van der Waals surface area contributed by atoms with Gasteiger partial charge in [0.2, 0.25) is 5.75 Å². The number of nitrogens with zero attached hydrogens (tertiary/aromatic N) is 2. The summed E-state index contributed by atoms with van der Waals surface area (Å²) in [6.07, 6.45) is -6.75. The van der Waals surface area contributed by atoms with Crippen molar-refractivity contribution in [2.24, 2.45) is 0 Å². The van der Waals surface area contributed by atoms with Gasteiger partial charge in [-0.05, 0) is 17.7 Å². The number of methoxy groups -OCH3 is 1. The second-order valence-corrected chi connectivity index (χ2v) is 10.2. The monoisotopic (exact) mass is 550 g/mol. The maximum Gasteiger partial charge on any atom is 0.339 e. The molecule has 3 aliphatic heterocycles. The number of hydrogen-bond acceptors (Lipinski definition) is 11. The Morgan fingerprint density at radius 1 is 1.05 bits per heavy atom. The highest BCUT2D eigenvalue weighted by Crippen LogP contribution is 2.52. The summed E-state index contributed by atoms with van der Waals surface area (Å²) in [4.78, 5) is 17.5. The van der Waals surface area contributed by atoms with Crippen LogP contribution in [0.15, 0.2) is 24.3 Å². The number of piperazine rings is 1. The number of aliphatic hydroxyl groups excluding tert-OH is 3. The standard InChI is InChI=1S/C26H31ClN2O9/c1-36-24-19(31)15(11-29-7-5-28(6-8-29)10-13-3-2-4-14(27)9-13)17-18(21(24)33)23-25(38-26(17)35)22(34)20(32)16(12-30)37-23/h2-4,9,16,20,22-23,25,30-34H,5-8,10-12H2,1H3/t16-,20-,22+,23-,25+/m1/s1. The van der Waals surface area contributed by atoms with Crippen LogP contribution in [0.1, 0.15) is 33.2 Å². The highest BCUT2D eigenvalue weighted by molar-refractivity contribution is 6.30. The van der Waals surface area contributed by atoms with Crippen molar-refractivity contribution < 1.29 is 44.5 Å². The number of fused-ring (bicyclic) bond motifs is 3. The van der Waals surface area contributed by atoms with E-state index in [2.05, 4.69) is 9.80 Å². The maximum absolute atomic E-state index is 13.2. The molecule has 11 nitrogen and oxygen atoms in total. The average molecular weight is 551 g/mol. The minimum atomic E-state index is -1.56. The number of hydrogen-bond donors (Lipinski definition) is 5. The molecular weight excluding hydrogens is 520 g/mol. The number of rotatable bonds is 6. The summed E-state index contributed by atoms with van der Waals surface area (Å²) in [5, 5.41) is 53.2. The molecule has 2 saturated heterocycles. The number of esters is 1. The molecule has 0 aromatic heterocycles. The minimum absolute atomic E-state index is 0.0140. The molecule has 38 heavy (non-hydrogen) atoms. The summed E-state index contributed by atoms with van der Waals surface area (Å²) in [6, 6.07) is 7.71. The van der Waals surface area contributed by atoms with Gasteiger partial charge in [0.15, 0.2) is 17.6 Å². The van der Waals surface area contributed by atoms with Crippen molar-refractivity contribution >= 4 is 17.6 Å². The van der Waals surface area contributed by atoms with E-state index in [9.17, 15) is 30.3 Å². The number of carbonyl (C=O) groups excluding carboxylic acids is 1. The third kappa shape index (κ3) is 4.79. The van der Waals surface area contributed by atoms with Gasteiger partial charge in [-0.3, -0.25) is 9.80 Å². The molecule has 0 radical (unpaired) electrons. The van der Waals surface area contributed by atoms with Crippen molar-refractivity contribution in [3.8, 4) is 17.2 Å². The van der Waals surface area contributed by atoms with Gasteiger partial charge in [0.25, 0.3) is 0 Å². The number of carbonyl (C=O) groups is 1. The van der Waals surface area contributed by atoms with E-state index in [1.165, 1.54) is 7.11 Å². The van der Waals surface area contributed by atoms with E-state index in [1.54, 1.807) is 0 Å². The summed E-state index contributed by atoms with van der Waals surface area (Å²) in [5.74, 6) is -2.03. The van der Waals surface area contributed by atoms with Crippen molar-refractivity contribution in [3.05, 3.63) is 51.5 Å². The molecule has 5 atom stereocenters. The first-order valence-corrected chi connectivity index (χ1v) is 12.8. The highest BCUT2D eigenvalue weighted by atomic mass is 35.5. The van der Waals surface area contributed by atoms with Crippen LogP contribution in [0.4, 0.5) is 0 Å². The first-order valence-electron chi connectivity index (χ1n) is 12.4. The van der Waals surface area contributed by atoms with Gasteiger partial charge >= 0.3 is 5.97 Å². The Balaban J connectivity index is 1.42. The van der Waals surface area contributed by atoms with Crippen molar-refractivity contribution in [1.29, 1.82) is 0 Å². The number of phenols is 2. The summed E-state index contributed by atoms with van der Waals surface area (Å²) in [7, 11) is 1.27. The van der Waals surface area contributed by atoms with E-state index in [0.717, 1.165) is 25.2 Å². The average Bonchev–Trinajstić information content (AvgIpc) is 2.90. The summed E-state index contributed by atoms with van der Waals surface area (Å²) >= 11 is 6.11. The molecule has 5 rings (SSSR count). The molecule has 0 unspecified atom stereocenters. The van der Waals surface area contributed by atoms with E-state index in [4.69, 9.17) is 25.8 Å². The second kappa shape index (κ2) is 10.9. The second-order valence-electron chi connectivity index (χ2n) is 9.81. The molecule has 206 valence electrons. The van der Waals surface area contributed by atoms with E-state index < -0.39 is 54.6 Å². The van der Waals surface area contributed by atoms with Crippen molar-refractivity contribution in [1.82, 2.24) is 9.80 Å². The van der Waals surface area contributed by atoms with Crippen LogP contribution in [-0.4, -0.2) is 106 Å². The molecule has 2 aromatic rings.